The van der Waals surface area contributed by atoms with E-state index < -0.39 is 5.54 Å². The van der Waals surface area contributed by atoms with Gasteiger partial charge in [-0.3, -0.25) is 9.69 Å². The zero-order chi connectivity index (χ0) is 19.8. The molecule has 3 fully saturated rings. The Morgan fingerprint density at radius 3 is 2.30 bits per heavy atom. The molecular formula is C21H38N4O2. The molecule has 3 amide bonds. The molecule has 0 bridgehead atoms. The van der Waals surface area contributed by atoms with Crippen molar-refractivity contribution in [3.63, 3.8) is 0 Å². The Labute approximate surface area is 164 Å². The fourth-order valence-corrected chi connectivity index (χ4v) is 5.43. The van der Waals surface area contributed by atoms with Gasteiger partial charge < -0.3 is 10.2 Å². The smallest absolute Gasteiger partial charge is 0.323 e. The second-order valence-corrected chi connectivity index (χ2v) is 10.4. The molecule has 2 saturated heterocycles. The number of piperazine rings is 1. The third-order valence-electron chi connectivity index (χ3n) is 6.45. The van der Waals surface area contributed by atoms with E-state index in [4.69, 9.17) is 0 Å². The standard InChI is InChI=1S/C21H38N4O2/c1-16(2)6-7-23-8-10-24(11-9-23)15-25-18(26)21(22-19(25)27)13-17(3)12-20(4,5)14-21/h16-17H,6-15H2,1-5H3,(H,22,27). The minimum Gasteiger partial charge on any atom is -0.323 e. The van der Waals surface area contributed by atoms with Crippen molar-refractivity contribution in [2.75, 3.05) is 39.4 Å². The SMILES string of the molecule is CC(C)CCN1CCN(CN2C(=O)NC3(CC(C)CC(C)(C)C3)C2=O)CC1. The number of hydrogen-bond acceptors (Lipinski definition) is 4. The van der Waals surface area contributed by atoms with E-state index >= 15 is 0 Å². The maximum Gasteiger partial charge on any atom is 0.326 e. The Kier molecular flexibility index (Phi) is 5.88. The van der Waals surface area contributed by atoms with Crippen molar-refractivity contribution < 1.29 is 9.59 Å². The Balaban J connectivity index is 1.57. The summed E-state index contributed by atoms with van der Waals surface area (Å²) >= 11 is 0. The zero-order valence-corrected chi connectivity index (χ0v) is 17.9. The molecule has 1 aliphatic carbocycles. The van der Waals surface area contributed by atoms with E-state index in [1.54, 1.807) is 0 Å². The number of rotatable bonds is 5. The molecule has 1 N–H and O–H groups in total. The van der Waals surface area contributed by atoms with Crippen LogP contribution in [0.25, 0.3) is 0 Å². The molecule has 154 valence electrons. The van der Waals surface area contributed by atoms with Gasteiger partial charge in [-0.2, -0.15) is 0 Å². The van der Waals surface area contributed by atoms with E-state index in [9.17, 15) is 9.59 Å². The lowest BCUT2D eigenvalue weighted by molar-refractivity contribution is -0.136. The summed E-state index contributed by atoms with van der Waals surface area (Å²) in [6.45, 7) is 16.6. The molecule has 6 nitrogen and oxygen atoms in total. The molecule has 0 radical (unpaired) electrons. The molecule has 27 heavy (non-hydrogen) atoms. The summed E-state index contributed by atoms with van der Waals surface area (Å²) in [5.74, 6) is 1.17. The average molecular weight is 379 g/mol. The van der Waals surface area contributed by atoms with Gasteiger partial charge in [-0.15, -0.1) is 0 Å². The molecule has 6 heteroatoms. The largest absolute Gasteiger partial charge is 0.326 e. The van der Waals surface area contributed by atoms with Gasteiger partial charge in [-0.1, -0.05) is 34.6 Å². The quantitative estimate of drug-likeness (QED) is 0.748. The number of carbonyl (C=O) groups is 2. The molecule has 3 aliphatic rings. The number of nitrogens with one attached hydrogen (secondary N) is 1. The van der Waals surface area contributed by atoms with Gasteiger partial charge in [-0.25, -0.2) is 9.69 Å². The lowest BCUT2D eigenvalue weighted by atomic mass is 9.64. The van der Waals surface area contributed by atoms with E-state index in [0.717, 1.165) is 57.9 Å². The van der Waals surface area contributed by atoms with Crippen molar-refractivity contribution in [3.05, 3.63) is 0 Å². The summed E-state index contributed by atoms with van der Waals surface area (Å²) in [5.41, 5.74) is -0.601. The topological polar surface area (TPSA) is 55.9 Å². The molecule has 0 aromatic carbocycles. The fourth-order valence-electron chi connectivity index (χ4n) is 5.43. The predicted molar refractivity (Wildman–Crippen MR) is 107 cm³/mol. The van der Waals surface area contributed by atoms with Crippen molar-refractivity contribution in [3.8, 4) is 0 Å². The third-order valence-corrected chi connectivity index (χ3v) is 6.45. The minimum atomic E-state index is -0.683. The minimum absolute atomic E-state index is 0.00522. The maximum atomic E-state index is 13.2. The monoisotopic (exact) mass is 378 g/mol. The summed E-state index contributed by atoms with van der Waals surface area (Å²) in [7, 11) is 0. The lowest BCUT2D eigenvalue weighted by Gasteiger charge is -2.44. The molecule has 0 aromatic rings. The Morgan fingerprint density at radius 1 is 1.07 bits per heavy atom. The normalized spacial score (nSPS) is 32.5. The van der Waals surface area contributed by atoms with Crippen LogP contribution in [0.1, 0.15) is 60.3 Å². The first-order valence-corrected chi connectivity index (χ1v) is 10.7. The average Bonchev–Trinajstić information content (AvgIpc) is 2.75. The van der Waals surface area contributed by atoms with Gasteiger partial charge in [0.1, 0.15) is 5.54 Å². The van der Waals surface area contributed by atoms with Gasteiger partial charge in [0.25, 0.3) is 5.91 Å². The lowest BCUT2D eigenvalue weighted by Crippen LogP contribution is -2.55. The van der Waals surface area contributed by atoms with Crippen LogP contribution >= 0.6 is 0 Å². The van der Waals surface area contributed by atoms with E-state index in [2.05, 4.69) is 49.7 Å². The van der Waals surface area contributed by atoms with Gasteiger partial charge in [0.2, 0.25) is 0 Å². The van der Waals surface area contributed by atoms with Crippen LogP contribution < -0.4 is 5.32 Å². The number of nitrogens with zero attached hydrogens (tertiary/aromatic N) is 3. The number of amides is 3. The van der Waals surface area contributed by atoms with E-state index in [1.807, 2.05) is 0 Å². The van der Waals surface area contributed by atoms with Crippen LogP contribution in [0.5, 0.6) is 0 Å². The Morgan fingerprint density at radius 2 is 1.70 bits per heavy atom. The summed E-state index contributed by atoms with van der Waals surface area (Å²) < 4.78 is 0. The van der Waals surface area contributed by atoms with Crippen LogP contribution in [-0.2, 0) is 4.79 Å². The van der Waals surface area contributed by atoms with Crippen molar-refractivity contribution in [1.82, 2.24) is 20.0 Å². The first-order valence-electron chi connectivity index (χ1n) is 10.7. The molecule has 2 aliphatic heterocycles. The number of hydrogen-bond donors (Lipinski definition) is 1. The van der Waals surface area contributed by atoms with Crippen LogP contribution in [0, 0.1) is 17.3 Å². The van der Waals surface area contributed by atoms with E-state index in [-0.39, 0.29) is 17.4 Å². The highest BCUT2D eigenvalue weighted by molar-refractivity contribution is 6.07. The van der Waals surface area contributed by atoms with Crippen molar-refractivity contribution >= 4 is 11.9 Å². The van der Waals surface area contributed by atoms with Gasteiger partial charge in [0, 0.05) is 26.2 Å². The molecule has 0 aromatic heterocycles. The number of urea groups is 1. The van der Waals surface area contributed by atoms with Gasteiger partial charge in [0.15, 0.2) is 0 Å². The summed E-state index contributed by atoms with van der Waals surface area (Å²) in [5, 5.41) is 3.09. The van der Waals surface area contributed by atoms with E-state index in [1.165, 1.54) is 11.3 Å². The molecule has 1 spiro atoms. The highest BCUT2D eigenvalue weighted by atomic mass is 16.2. The van der Waals surface area contributed by atoms with Gasteiger partial charge in [-0.05, 0) is 49.5 Å². The zero-order valence-electron chi connectivity index (χ0n) is 17.9. The maximum absolute atomic E-state index is 13.2. The number of imide groups is 1. The van der Waals surface area contributed by atoms with E-state index in [0.29, 0.717) is 12.6 Å². The van der Waals surface area contributed by atoms with Gasteiger partial charge >= 0.3 is 6.03 Å². The first kappa shape index (κ1) is 20.6. The molecule has 2 atom stereocenters. The highest BCUT2D eigenvalue weighted by Crippen LogP contribution is 2.46. The van der Waals surface area contributed by atoms with Crippen molar-refractivity contribution in [2.45, 2.75) is 65.8 Å². The second kappa shape index (κ2) is 7.70. The van der Waals surface area contributed by atoms with Crippen molar-refractivity contribution in [1.29, 1.82) is 0 Å². The van der Waals surface area contributed by atoms with Crippen LogP contribution in [0.2, 0.25) is 0 Å². The highest BCUT2D eigenvalue weighted by Gasteiger charge is 2.56. The second-order valence-electron chi connectivity index (χ2n) is 10.4. The molecule has 2 unspecified atom stereocenters. The molecule has 2 heterocycles. The molecule has 1 saturated carbocycles. The third kappa shape index (κ3) is 4.65. The molecule has 3 rings (SSSR count). The van der Waals surface area contributed by atoms with Crippen LogP contribution in [0.3, 0.4) is 0 Å². The Bertz CT molecular complexity index is 569. The van der Waals surface area contributed by atoms with Crippen LogP contribution in [0.4, 0.5) is 4.79 Å². The first-order chi connectivity index (χ1) is 12.6. The van der Waals surface area contributed by atoms with Gasteiger partial charge in [0.05, 0.1) is 6.67 Å². The Hall–Kier alpha value is -1.14. The summed E-state index contributed by atoms with van der Waals surface area (Å²) in [6, 6.07) is -0.202. The van der Waals surface area contributed by atoms with Crippen LogP contribution in [0.15, 0.2) is 0 Å². The summed E-state index contributed by atoms with van der Waals surface area (Å²) in [6.07, 6.45) is 3.84. The predicted octanol–water partition coefficient (Wildman–Crippen LogP) is 2.74. The molecular weight excluding hydrogens is 340 g/mol. The van der Waals surface area contributed by atoms with Crippen molar-refractivity contribution in [2.24, 2.45) is 17.3 Å². The van der Waals surface area contributed by atoms with Crippen LogP contribution in [-0.4, -0.2) is 71.6 Å². The summed E-state index contributed by atoms with van der Waals surface area (Å²) in [4.78, 5) is 32.1. The fraction of sp³-hybridized carbons (Fsp3) is 0.905. The number of carbonyl (C=O) groups excluding carboxylic acids is 2.